The number of fused-ring (bicyclic) bond motifs is 1. The SMILES string of the molecule is CC1=C(C)[C@@]2(C)[C@H]3C(=O)C=CC(=O)[C@H]3[C@@]1(C)C(=O)C2(C)C. The van der Waals surface area contributed by atoms with Crippen molar-refractivity contribution in [1.29, 1.82) is 0 Å². The summed E-state index contributed by atoms with van der Waals surface area (Å²) in [5.41, 5.74) is -0.00535. The van der Waals surface area contributed by atoms with Crippen molar-refractivity contribution in [1.82, 2.24) is 0 Å². The monoisotopic (exact) mass is 286 g/mol. The van der Waals surface area contributed by atoms with E-state index in [-0.39, 0.29) is 17.3 Å². The van der Waals surface area contributed by atoms with E-state index >= 15 is 0 Å². The molecule has 21 heavy (non-hydrogen) atoms. The van der Waals surface area contributed by atoms with Gasteiger partial charge in [-0.05, 0) is 32.9 Å². The Morgan fingerprint density at radius 2 is 1.29 bits per heavy atom. The Kier molecular flexibility index (Phi) is 2.49. The van der Waals surface area contributed by atoms with E-state index in [1.807, 2.05) is 41.5 Å². The van der Waals surface area contributed by atoms with Gasteiger partial charge in [-0.3, -0.25) is 14.4 Å². The fraction of sp³-hybridized carbons (Fsp3) is 0.611. The number of Topliss-reactive ketones (excluding diaryl/α,β-unsaturated/α-hetero) is 1. The highest BCUT2D eigenvalue weighted by molar-refractivity contribution is 6.14. The van der Waals surface area contributed by atoms with Crippen molar-refractivity contribution in [2.75, 3.05) is 0 Å². The zero-order valence-electron chi connectivity index (χ0n) is 13.5. The summed E-state index contributed by atoms with van der Waals surface area (Å²) in [5, 5.41) is 0. The molecule has 0 aliphatic heterocycles. The van der Waals surface area contributed by atoms with Crippen LogP contribution in [-0.2, 0) is 14.4 Å². The lowest BCUT2D eigenvalue weighted by Crippen LogP contribution is -2.70. The second-order valence-corrected chi connectivity index (χ2v) is 7.70. The number of rotatable bonds is 0. The van der Waals surface area contributed by atoms with Crippen LogP contribution in [0.5, 0.6) is 0 Å². The van der Waals surface area contributed by atoms with E-state index in [0.717, 1.165) is 11.1 Å². The average molecular weight is 286 g/mol. The molecule has 4 aliphatic rings. The maximum absolute atomic E-state index is 13.2. The van der Waals surface area contributed by atoms with E-state index in [1.54, 1.807) is 0 Å². The summed E-state index contributed by atoms with van der Waals surface area (Å²) in [6.45, 7) is 11.7. The van der Waals surface area contributed by atoms with Crippen molar-refractivity contribution in [3.8, 4) is 0 Å². The lowest BCUT2D eigenvalue weighted by atomic mass is 9.34. The topological polar surface area (TPSA) is 51.2 Å². The first kappa shape index (κ1) is 14.4. The summed E-state index contributed by atoms with van der Waals surface area (Å²) in [4.78, 5) is 38.3. The average Bonchev–Trinajstić information content (AvgIpc) is 2.42. The van der Waals surface area contributed by atoms with Crippen molar-refractivity contribution >= 4 is 17.3 Å². The molecule has 1 fully saturated rings. The third-order valence-electron chi connectivity index (χ3n) is 7.06. The summed E-state index contributed by atoms with van der Waals surface area (Å²) < 4.78 is 0. The molecule has 0 aromatic carbocycles. The van der Waals surface area contributed by atoms with Crippen molar-refractivity contribution in [2.24, 2.45) is 28.1 Å². The van der Waals surface area contributed by atoms with E-state index in [0.29, 0.717) is 0 Å². The van der Waals surface area contributed by atoms with E-state index in [9.17, 15) is 14.4 Å². The van der Waals surface area contributed by atoms with E-state index < -0.39 is 28.1 Å². The molecule has 112 valence electrons. The fourth-order valence-electron chi connectivity index (χ4n) is 5.24. The number of carbonyl (C=O) groups excluding carboxylic acids is 3. The molecule has 0 unspecified atom stereocenters. The quantitative estimate of drug-likeness (QED) is 0.643. The lowest BCUT2D eigenvalue weighted by molar-refractivity contribution is -0.174. The van der Waals surface area contributed by atoms with Gasteiger partial charge in [-0.15, -0.1) is 0 Å². The Morgan fingerprint density at radius 3 is 1.81 bits per heavy atom. The van der Waals surface area contributed by atoms with Crippen LogP contribution in [0.15, 0.2) is 23.3 Å². The molecule has 2 bridgehead atoms. The molecule has 0 heterocycles. The van der Waals surface area contributed by atoms with Gasteiger partial charge in [0, 0.05) is 22.7 Å². The van der Waals surface area contributed by atoms with Crippen LogP contribution in [0.25, 0.3) is 0 Å². The predicted octanol–water partition coefficient (Wildman–Crippen LogP) is 2.90. The van der Waals surface area contributed by atoms with Gasteiger partial charge in [0.05, 0.1) is 5.41 Å². The van der Waals surface area contributed by atoms with Gasteiger partial charge in [-0.1, -0.05) is 31.9 Å². The first-order valence-electron chi connectivity index (χ1n) is 7.51. The Hall–Kier alpha value is -1.51. The highest BCUT2D eigenvalue weighted by atomic mass is 16.1. The highest BCUT2D eigenvalue weighted by Crippen LogP contribution is 2.70. The zero-order valence-corrected chi connectivity index (χ0v) is 13.5. The molecule has 3 heteroatoms. The molecule has 4 atom stereocenters. The van der Waals surface area contributed by atoms with Crippen molar-refractivity contribution in [3.05, 3.63) is 23.3 Å². The lowest BCUT2D eigenvalue weighted by Gasteiger charge is -2.65. The molecule has 0 radical (unpaired) electrons. The van der Waals surface area contributed by atoms with Gasteiger partial charge < -0.3 is 0 Å². The summed E-state index contributed by atoms with van der Waals surface area (Å²) in [7, 11) is 0. The maximum Gasteiger partial charge on any atom is 0.160 e. The summed E-state index contributed by atoms with van der Waals surface area (Å²) in [5.74, 6) is -0.955. The first-order valence-corrected chi connectivity index (χ1v) is 7.51. The molecule has 4 rings (SSSR count). The highest BCUT2D eigenvalue weighted by Gasteiger charge is 2.73. The van der Waals surface area contributed by atoms with Crippen LogP contribution < -0.4 is 0 Å². The molecule has 3 nitrogen and oxygen atoms in total. The third kappa shape index (κ3) is 1.21. The third-order valence-corrected chi connectivity index (χ3v) is 7.06. The van der Waals surface area contributed by atoms with E-state index in [1.165, 1.54) is 12.2 Å². The molecule has 0 aromatic heterocycles. The second kappa shape index (κ2) is 3.63. The van der Waals surface area contributed by atoms with Crippen molar-refractivity contribution in [3.63, 3.8) is 0 Å². The molecule has 0 spiro atoms. The van der Waals surface area contributed by atoms with Gasteiger partial charge in [0.15, 0.2) is 11.6 Å². The minimum absolute atomic E-state index is 0.0132. The van der Waals surface area contributed by atoms with Crippen LogP contribution in [0.3, 0.4) is 0 Å². The molecule has 0 saturated heterocycles. The Balaban J connectivity index is 2.45. The van der Waals surface area contributed by atoms with E-state index in [2.05, 4.69) is 0 Å². The Bertz CT molecular complexity index is 664. The number of hydrogen-bond donors (Lipinski definition) is 0. The Morgan fingerprint density at radius 1 is 0.810 bits per heavy atom. The largest absolute Gasteiger partial charge is 0.298 e. The van der Waals surface area contributed by atoms with Crippen LogP contribution >= 0.6 is 0 Å². The molecule has 0 N–H and O–H groups in total. The minimum atomic E-state index is -0.854. The summed E-state index contributed by atoms with van der Waals surface area (Å²) in [6.07, 6.45) is 2.77. The van der Waals surface area contributed by atoms with Crippen molar-refractivity contribution in [2.45, 2.75) is 41.5 Å². The molecule has 0 amide bonds. The number of hydrogen-bond acceptors (Lipinski definition) is 3. The maximum atomic E-state index is 13.2. The number of ketones is 3. The molecular weight excluding hydrogens is 264 g/mol. The molecule has 1 saturated carbocycles. The van der Waals surface area contributed by atoms with Crippen LogP contribution in [0.2, 0.25) is 0 Å². The first-order chi connectivity index (χ1) is 9.52. The van der Waals surface area contributed by atoms with E-state index in [4.69, 9.17) is 0 Å². The zero-order chi connectivity index (χ0) is 16.0. The van der Waals surface area contributed by atoms with Crippen LogP contribution in [0, 0.1) is 28.1 Å². The summed E-state index contributed by atoms with van der Waals surface area (Å²) >= 11 is 0. The van der Waals surface area contributed by atoms with Crippen LogP contribution in [0.4, 0.5) is 0 Å². The fourth-order valence-corrected chi connectivity index (χ4v) is 5.24. The van der Waals surface area contributed by atoms with Crippen molar-refractivity contribution < 1.29 is 14.4 Å². The Labute approximate surface area is 125 Å². The van der Waals surface area contributed by atoms with Gasteiger partial charge in [0.25, 0.3) is 0 Å². The number of allylic oxidation sites excluding steroid dienone is 4. The second-order valence-electron chi connectivity index (χ2n) is 7.70. The smallest absolute Gasteiger partial charge is 0.160 e. The predicted molar refractivity (Wildman–Crippen MR) is 79.5 cm³/mol. The molecule has 0 aromatic rings. The summed E-state index contributed by atoms with van der Waals surface area (Å²) in [6, 6.07) is 0. The normalized spacial score (nSPS) is 44.4. The molecular formula is C18H22O3. The van der Waals surface area contributed by atoms with Gasteiger partial charge in [-0.2, -0.15) is 0 Å². The molecule has 4 aliphatic carbocycles. The van der Waals surface area contributed by atoms with Gasteiger partial charge in [0.1, 0.15) is 5.78 Å². The van der Waals surface area contributed by atoms with Gasteiger partial charge in [0.2, 0.25) is 0 Å². The van der Waals surface area contributed by atoms with Gasteiger partial charge >= 0.3 is 0 Å². The van der Waals surface area contributed by atoms with Gasteiger partial charge in [-0.25, -0.2) is 0 Å². The number of carbonyl (C=O) groups is 3. The van der Waals surface area contributed by atoms with Crippen LogP contribution in [-0.4, -0.2) is 17.3 Å². The standard InChI is InChI=1S/C18H22O3/c1-9-10(2)18(6)14-12(20)8-7-11(19)13(14)17(9,5)15(21)16(18,3)4/h7-8,13-14H,1-6H3/t13-,14+,17+,18+/m1/s1. The minimum Gasteiger partial charge on any atom is -0.298 e. The van der Waals surface area contributed by atoms with Crippen LogP contribution in [0.1, 0.15) is 41.5 Å².